The van der Waals surface area contributed by atoms with E-state index in [1.807, 2.05) is 31.2 Å². The molecule has 0 aromatic heterocycles. The normalized spacial score (nSPS) is 10.5. The van der Waals surface area contributed by atoms with E-state index in [4.69, 9.17) is 18.9 Å². The van der Waals surface area contributed by atoms with E-state index in [0.717, 1.165) is 11.1 Å². The highest BCUT2D eigenvalue weighted by Gasteiger charge is 2.15. The highest BCUT2D eigenvalue weighted by atomic mass is 16.5. The van der Waals surface area contributed by atoms with Gasteiger partial charge in [0.2, 0.25) is 0 Å². The number of hydrogen-bond acceptors (Lipinski definition) is 8. The third kappa shape index (κ3) is 8.22. The summed E-state index contributed by atoms with van der Waals surface area (Å²) in [6, 6.07) is 17.8. The number of aryl methyl sites for hydroxylation is 1. The van der Waals surface area contributed by atoms with Crippen molar-refractivity contribution in [2.75, 3.05) is 39.8 Å². The van der Waals surface area contributed by atoms with Crippen LogP contribution in [-0.2, 0) is 20.8 Å². The van der Waals surface area contributed by atoms with E-state index >= 15 is 0 Å². The fraction of sp³-hybridized carbons (Fsp3) is 0.241. The smallest absolute Gasteiger partial charge is 0.329 e. The predicted octanol–water partition coefficient (Wildman–Crippen LogP) is 2.85. The molecule has 11 nitrogen and oxygen atoms in total. The first kappa shape index (κ1) is 29.5. The molecule has 3 amide bonds. The second-order valence-corrected chi connectivity index (χ2v) is 8.42. The summed E-state index contributed by atoms with van der Waals surface area (Å²) in [7, 11) is 4.55. The summed E-state index contributed by atoms with van der Waals surface area (Å²) in [5.41, 5.74) is 5.11. The molecule has 0 aliphatic heterocycles. The number of nitrogens with zero attached hydrogens (tertiary/aromatic N) is 1. The number of para-hydroxylation sites is 2. The number of carbonyl (C=O) groups excluding carboxylic acids is 3. The van der Waals surface area contributed by atoms with Gasteiger partial charge < -0.3 is 29.6 Å². The van der Waals surface area contributed by atoms with Gasteiger partial charge in [0.15, 0.2) is 29.6 Å². The quantitative estimate of drug-likeness (QED) is 0.180. The molecule has 0 atom stereocenters. The Morgan fingerprint density at radius 2 is 1.60 bits per heavy atom. The van der Waals surface area contributed by atoms with Gasteiger partial charge in [-0.3, -0.25) is 14.4 Å². The molecule has 40 heavy (non-hydrogen) atoms. The van der Waals surface area contributed by atoms with Gasteiger partial charge in [-0.15, -0.1) is 0 Å². The molecule has 0 bridgehead atoms. The Balaban J connectivity index is 1.54. The van der Waals surface area contributed by atoms with E-state index in [2.05, 4.69) is 21.2 Å². The molecule has 0 aliphatic carbocycles. The third-order valence-electron chi connectivity index (χ3n) is 5.72. The van der Waals surface area contributed by atoms with E-state index in [1.54, 1.807) is 50.6 Å². The van der Waals surface area contributed by atoms with Gasteiger partial charge in [0, 0.05) is 17.8 Å². The van der Waals surface area contributed by atoms with Gasteiger partial charge in [-0.05, 0) is 54.8 Å². The summed E-state index contributed by atoms with van der Waals surface area (Å²) in [6.45, 7) is 1.83. The Bertz CT molecular complexity index is 1370. The van der Waals surface area contributed by atoms with Gasteiger partial charge in [0.1, 0.15) is 0 Å². The Hall–Kier alpha value is -5.06. The number of ether oxygens (including phenoxy) is 4. The summed E-state index contributed by atoms with van der Waals surface area (Å²) in [4.78, 5) is 36.8. The van der Waals surface area contributed by atoms with Gasteiger partial charge in [-0.25, -0.2) is 5.43 Å². The van der Waals surface area contributed by atoms with E-state index in [1.165, 1.54) is 13.3 Å². The maximum Gasteiger partial charge on any atom is 0.329 e. The molecule has 0 saturated carbocycles. The molecule has 0 saturated heterocycles. The van der Waals surface area contributed by atoms with Gasteiger partial charge in [-0.2, -0.15) is 5.10 Å². The number of methoxy groups -OCH3 is 3. The van der Waals surface area contributed by atoms with Crippen LogP contribution in [-0.4, -0.2) is 58.4 Å². The lowest BCUT2D eigenvalue weighted by molar-refractivity contribution is -0.139. The highest BCUT2D eigenvalue weighted by Crippen LogP contribution is 2.30. The highest BCUT2D eigenvalue weighted by molar-refractivity contribution is 6.35. The third-order valence-corrected chi connectivity index (χ3v) is 5.72. The van der Waals surface area contributed by atoms with Crippen LogP contribution in [0.4, 0.5) is 5.69 Å². The molecule has 0 unspecified atom stereocenters. The van der Waals surface area contributed by atoms with Gasteiger partial charge in [-0.1, -0.05) is 30.3 Å². The van der Waals surface area contributed by atoms with Crippen molar-refractivity contribution in [1.82, 2.24) is 10.7 Å². The van der Waals surface area contributed by atoms with Crippen molar-refractivity contribution in [1.29, 1.82) is 0 Å². The second-order valence-electron chi connectivity index (χ2n) is 8.42. The van der Waals surface area contributed by atoms with Crippen molar-refractivity contribution < 1.29 is 33.3 Å². The zero-order valence-electron chi connectivity index (χ0n) is 22.8. The summed E-state index contributed by atoms with van der Waals surface area (Å²) in [6.07, 6.45) is 1.77. The molecule has 3 N–H and O–H groups in total. The number of nitrogens with one attached hydrogen (secondary N) is 3. The average Bonchev–Trinajstić information content (AvgIpc) is 2.97. The van der Waals surface area contributed by atoms with E-state index in [-0.39, 0.29) is 24.8 Å². The number of anilines is 1. The topological polar surface area (TPSA) is 137 Å². The Kier molecular flexibility index (Phi) is 10.9. The minimum absolute atomic E-state index is 0.226. The first-order chi connectivity index (χ1) is 19.4. The maximum atomic E-state index is 12.4. The van der Waals surface area contributed by atoms with Gasteiger partial charge in [0.05, 0.1) is 27.5 Å². The SMILES string of the molecule is COc1ccc(CCNC(=O)C(=O)N/N=C\c2cccc(OC)c2OCC(=O)Nc2ccccc2C)cc1OC. The van der Waals surface area contributed by atoms with Crippen molar-refractivity contribution >= 4 is 29.6 Å². The predicted molar refractivity (Wildman–Crippen MR) is 150 cm³/mol. The number of hydrazone groups is 1. The minimum Gasteiger partial charge on any atom is -0.493 e. The first-order valence-electron chi connectivity index (χ1n) is 12.3. The van der Waals surface area contributed by atoms with Crippen LogP contribution < -0.4 is 35.0 Å². The number of carbonyl (C=O) groups is 3. The minimum atomic E-state index is -0.938. The van der Waals surface area contributed by atoms with Crippen LogP contribution in [0.1, 0.15) is 16.7 Å². The number of benzene rings is 3. The van der Waals surface area contributed by atoms with Crippen LogP contribution in [0.25, 0.3) is 0 Å². The fourth-order valence-electron chi connectivity index (χ4n) is 3.63. The van der Waals surface area contributed by atoms with Crippen LogP contribution in [0.3, 0.4) is 0 Å². The molecule has 3 rings (SSSR count). The average molecular weight is 549 g/mol. The molecule has 0 spiro atoms. The molecular formula is C29H32N4O7. The zero-order chi connectivity index (χ0) is 28.9. The van der Waals surface area contributed by atoms with Crippen molar-refractivity contribution in [3.63, 3.8) is 0 Å². The molecule has 210 valence electrons. The molecule has 0 fully saturated rings. The van der Waals surface area contributed by atoms with Crippen LogP contribution in [0.5, 0.6) is 23.0 Å². The maximum absolute atomic E-state index is 12.4. The van der Waals surface area contributed by atoms with Crippen molar-refractivity contribution in [3.8, 4) is 23.0 Å². The molecule has 0 radical (unpaired) electrons. The fourth-order valence-corrected chi connectivity index (χ4v) is 3.63. The molecule has 0 heterocycles. The summed E-state index contributed by atoms with van der Waals surface area (Å²) in [5, 5.41) is 9.20. The number of rotatable bonds is 12. The molecular weight excluding hydrogens is 516 g/mol. The van der Waals surface area contributed by atoms with E-state index < -0.39 is 11.8 Å². The van der Waals surface area contributed by atoms with Crippen molar-refractivity contribution in [2.24, 2.45) is 5.10 Å². The van der Waals surface area contributed by atoms with Crippen molar-refractivity contribution in [3.05, 3.63) is 77.4 Å². The van der Waals surface area contributed by atoms with Crippen LogP contribution >= 0.6 is 0 Å². The second kappa shape index (κ2) is 14.8. The number of amides is 3. The standard InChI is InChI=1S/C29H32N4O7/c1-19-8-5-6-10-22(19)32-26(34)18-40-27-21(9-7-11-24(27)38-3)17-31-33-29(36)28(35)30-15-14-20-12-13-23(37-2)25(16-20)39-4/h5-13,16-17H,14-15,18H2,1-4H3,(H,30,35)(H,32,34)(H,33,36)/b31-17-. The zero-order valence-corrected chi connectivity index (χ0v) is 22.8. The van der Waals surface area contributed by atoms with Crippen LogP contribution in [0, 0.1) is 6.92 Å². The van der Waals surface area contributed by atoms with Crippen molar-refractivity contribution in [2.45, 2.75) is 13.3 Å². The Morgan fingerprint density at radius 3 is 2.33 bits per heavy atom. The summed E-state index contributed by atoms with van der Waals surface area (Å²) >= 11 is 0. The lowest BCUT2D eigenvalue weighted by Gasteiger charge is -2.13. The largest absolute Gasteiger partial charge is 0.493 e. The summed E-state index contributed by atoms with van der Waals surface area (Å²) < 4.78 is 21.6. The van der Waals surface area contributed by atoms with Gasteiger partial charge >= 0.3 is 11.8 Å². The van der Waals surface area contributed by atoms with Crippen LogP contribution in [0.2, 0.25) is 0 Å². The Morgan fingerprint density at radius 1 is 0.850 bits per heavy atom. The first-order valence-corrected chi connectivity index (χ1v) is 12.3. The van der Waals surface area contributed by atoms with Crippen LogP contribution in [0.15, 0.2) is 65.8 Å². The molecule has 11 heteroatoms. The Labute approximate surface area is 232 Å². The molecule has 3 aromatic rings. The molecule has 0 aliphatic rings. The van der Waals surface area contributed by atoms with Gasteiger partial charge in [0.25, 0.3) is 5.91 Å². The van der Waals surface area contributed by atoms with E-state index in [9.17, 15) is 14.4 Å². The van der Waals surface area contributed by atoms with E-state index in [0.29, 0.717) is 34.9 Å². The molecule has 3 aromatic carbocycles. The summed E-state index contributed by atoms with van der Waals surface area (Å²) in [5.74, 6) is -0.344. The monoisotopic (exact) mass is 548 g/mol. The number of hydrogen-bond donors (Lipinski definition) is 3. The lowest BCUT2D eigenvalue weighted by Crippen LogP contribution is -2.38. The lowest BCUT2D eigenvalue weighted by atomic mass is 10.1.